The summed E-state index contributed by atoms with van der Waals surface area (Å²) in [6.45, 7) is 1.81. The van der Waals surface area contributed by atoms with Crippen molar-refractivity contribution in [2.45, 2.75) is 6.92 Å². The van der Waals surface area contributed by atoms with Crippen molar-refractivity contribution in [2.24, 2.45) is 0 Å². The number of aromatic nitrogens is 2. The first kappa shape index (κ1) is 18.2. The zero-order valence-electron chi connectivity index (χ0n) is 15.3. The molecule has 0 amide bonds. The van der Waals surface area contributed by atoms with Gasteiger partial charge in [-0.15, -0.1) is 0 Å². The smallest absolute Gasteiger partial charge is 0.345 e. The lowest BCUT2D eigenvalue weighted by Crippen LogP contribution is -2.17. The fourth-order valence-electron chi connectivity index (χ4n) is 2.65. The maximum Gasteiger partial charge on any atom is 0.345 e. The number of ether oxygens (including phenoxy) is 4. The second kappa shape index (κ2) is 7.36. The number of hydrogen-bond acceptors (Lipinski definition) is 7. The minimum Gasteiger partial charge on any atom is -0.493 e. The highest BCUT2D eigenvalue weighted by Gasteiger charge is 2.19. The average Bonchev–Trinajstić information content (AvgIpc) is 2.67. The van der Waals surface area contributed by atoms with Crippen LogP contribution in [0.25, 0.3) is 5.65 Å². The van der Waals surface area contributed by atoms with Crippen LogP contribution in [0.15, 0.2) is 41.3 Å². The van der Waals surface area contributed by atoms with Crippen LogP contribution < -0.4 is 24.5 Å². The first-order chi connectivity index (χ1) is 13.0. The molecule has 0 spiro atoms. The molecule has 3 rings (SSSR count). The van der Waals surface area contributed by atoms with Crippen molar-refractivity contribution in [3.05, 3.63) is 58.0 Å². The maximum absolute atomic E-state index is 12.6. The Bertz CT molecular complexity index is 1050. The number of aryl methyl sites for hydroxylation is 1. The van der Waals surface area contributed by atoms with Crippen molar-refractivity contribution < 1.29 is 23.7 Å². The van der Waals surface area contributed by atoms with E-state index in [2.05, 4.69) is 4.98 Å². The highest BCUT2D eigenvalue weighted by atomic mass is 16.5. The zero-order valence-corrected chi connectivity index (χ0v) is 15.3. The van der Waals surface area contributed by atoms with E-state index >= 15 is 0 Å². The third kappa shape index (κ3) is 3.41. The van der Waals surface area contributed by atoms with E-state index in [4.69, 9.17) is 18.9 Å². The van der Waals surface area contributed by atoms with Crippen molar-refractivity contribution in [3.63, 3.8) is 0 Å². The summed E-state index contributed by atoms with van der Waals surface area (Å²) in [6.07, 6.45) is 1.60. The number of carbonyl (C=O) groups is 1. The van der Waals surface area contributed by atoms with Crippen LogP contribution in [0.1, 0.15) is 15.9 Å². The number of fused-ring (bicyclic) bond motifs is 1. The van der Waals surface area contributed by atoms with Gasteiger partial charge in [0.05, 0.1) is 33.0 Å². The predicted octanol–water partition coefficient (Wildman–Crippen LogP) is 2.25. The molecule has 0 fully saturated rings. The fraction of sp³-hybridized carbons (Fsp3) is 0.211. The van der Waals surface area contributed by atoms with Crippen LogP contribution in [-0.2, 0) is 0 Å². The van der Waals surface area contributed by atoms with E-state index in [1.54, 1.807) is 12.3 Å². The topological polar surface area (TPSA) is 88.4 Å². The Morgan fingerprint density at radius 1 is 1.04 bits per heavy atom. The molecule has 3 aromatic rings. The summed E-state index contributed by atoms with van der Waals surface area (Å²) in [5.41, 5.74) is 1.01. The largest absolute Gasteiger partial charge is 0.493 e. The van der Waals surface area contributed by atoms with Gasteiger partial charge in [-0.05, 0) is 30.7 Å². The van der Waals surface area contributed by atoms with Gasteiger partial charge in [-0.3, -0.25) is 9.20 Å². The minimum atomic E-state index is -0.709. The van der Waals surface area contributed by atoms with E-state index in [1.807, 2.05) is 13.0 Å². The van der Waals surface area contributed by atoms with E-state index in [0.29, 0.717) is 22.9 Å². The van der Waals surface area contributed by atoms with Crippen LogP contribution in [0.5, 0.6) is 23.1 Å². The standard InChI is InChI=1S/C19H18N2O6/c1-11-6-5-7-21-16(22)10-15(20-18(11)21)27-19(23)12-8-13(24-2)17(26-4)14(9-12)25-3/h5-10H,1-4H3. The number of nitrogens with zero attached hydrogens (tertiary/aromatic N) is 2. The van der Waals surface area contributed by atoms with E-state index in [-0.39, 0.29) is 17.0 Å². The molecule has 0 atom stereocenters. The second-order valence-corrected chi connectivity index (χ2v) is 5.62. The number of pyridine rings is 1. The summed E-state index contributed by atoms with van der Waals surface area (Å²) < 4.78 is 22.4. The monoisotopic (exact) mass is 370 g/mol. The molecule has 2 heterocycles. The Morgan fingerprint density at radius 2 is 1.70 bits per heavy atom. The van der Waals surface area contributed by atoms with Crippen molar-refractivity contribution in [2.75, 3.05) is 21.3 Å². The summed E-state index contributed by atoms with van der Waals surface area (Å²) >= 11 is 0. The van der Waals surface area contributed by atoms with Crippen molar-refractivity contribution in [1.82, 2.24) is 9.38 Å². The van der Waals surface area contributed by atoms with Crippen LogP contribution in [0.4, 0.5) is 0 Å². The summed E-state index contributed by atoms with van der Waals surface area (Å²) in [5, 5.41) is 0. The van der Waals surface area contributed by atoms with Gasteiger partial charge in [-0.25, -0.2) is 4.79 Å². The third-order valence-electron chi connectivity index (χ3n) is 3.96. The third-order valence-corrected chi connectivity index (χ3v) is 3.96. The summed E-state index contributed by atoms with van der Waals surface area (Å²) in [6, 6.07) is 7.63. The molecule has 0 aliphatic rings. The quantitative estimate of drug-likeness (QED) is 0.637. The molecule has 1 aromatic carbocycles. The zero-order chi connectivity index (χ0) is 19.6. The van der Waals surface area contributed by atoms with E-state index in [1.165, 1.54) is 37.9 Å². The lowest BCUT2D eigenvalue weighted by Gasteiger charge is -2.13. The first-order valence-electron chi connectivity index (χ1n) is 7.99. The van der Waals surface area contributed by atoms with Crippen molar-refractivity contribution in [1.29, 1.82) is 0 Å². The highest BCUT2D eigenvalue weighted by Crippen LogP contribution is 2.38. The van der Waals surface area contributed by atoms with Gasteiger partial charge >= 0.3 is 5.97 Å². The Morgan fingerprint density at radius 3 is 2.30 bits per heavy atom. The number of methoxy groups -OCH3 is 3. The summed E-state index contributed by atoms with van der Waals surface area (Å²) in [4.78, 5) is 29.0. The predicted molar refractivity (Wildman–Crippen MR) is 97.3 cm³/mol. The van der Waals surface area contributed by atoms with E-state index in [9.17, 15) is 9.59 Å². The SMILES string of the molecule is COc1cc(C(=O)Oc2cc(=O)n3cccc(C)c3n2)cc(OC)c1OC. The maximum atomic E-state index is 12.6. The number of hydrogen-bond donors (Lipinski definition) is 0. The van der Waals surface area contributed by atoms with E-state index < -0.39 is 5.97 Å². The molecule has 0 saturated carbocycles. The van der Waals surface area contributed by atoms with Crippen molar-refractivity contribution in [3.8, 4) is 23.1 Å². The average molecular weight is 370 g/mol. The van der Waals surface area contributed by atoms with Gasteiger partial charge in [0, 0.05) is 6.20 Å². The molecule has 0 unspecified atom stereocenters. The van der Waals surface area contributed by atoms with Gasteiger partial charge < -0.3 is 18.9 Å². The molecule has 8 nitrogen and oxygen atoms in total. The molecule has 8 heteroatoms. The molecule has 0 N–H and O–H groups in total. The number of benzene rings is 1. The van der Waals surface area contributed by atoms with Gasteiger partial charge in [-0.1, -0.05) is 6.07 Å². The lowest BCUT2D eigenvalue weighted by atomic mass is 10.2. The van der Waals surface area contributed by atoms with E-state index in [0.717, 1.165) is 11.6 Å². The fourth-order valence-corrected chi connectivity index (χ4v) is 2.65. The molecule has 0 aliphatic carbocycles. The molecule has 0 radical (unpaired) electrons. The number of rotatable bonds is 5. The highest BCUT2D eigenvalue weighted by molar-refractivity contribution is 5.92. The Hall–Kier alpha value is -3.55. The number of carbonyl (C=O) groups excluding carboxylic acids is 1. The van der Waals surface area contributed by atoms with Crippen LogP contribution in [0.3, 0.4) is 0 Å². The minimum absolute atomic E-state index is 0.0898. The van der Waals surface area contributed by atoms with Gasteiger partial charge in [0.15, 0.2) is 11.5 Å². The summed E-state index contributed by atoms with van der Waals surface area (Å²) in [7, 11) is 4.36. The Labute approximate surface area is 154 Å². The molecule has 0 aliphatic heterocycles. The van der Waals surface area contributed by atoms with Gasteiger partial charge in [-0.2, -0.15) is 4.98 Å². The molecular weight excluding hydrogens is 352 g/mol. The van der Waals surface area contributed by atoms with Crippen LogP contribution in [-0.4, -0.2) is 36.7 Å². The number of esters is 1. The molecule has 140 valence electrons. The van der Waals surface area contributed by atoms with Gasteiger partial charge in [0.25, 0.3) is 5.56 Å². The van der Waals surface area contributed by atoms with Crippen LogP contribution in [0, 0.1) is 6.92 Å². The molecule has 2 aromatic heterocycles. The molecule has 0 saturated heterocycles. The summed E-state index contributed by atoms with van der Waals surface area (Å²) in [5.74, 6) is 0.179. The van der Waals surface area contributed by atoms with Crippen molar-refractivity contribution >= 4 is 11.6 Å². The Balaban J connectivity index is 2.00. The Kier molecular flexibility index (Phi) is 4.98. The lowest BCUT2D eigenvalue weighted by molar-refractivity contribution is 0.0726. The van der Waals surface area contributed by atoms with Crippen LogP contribution in [0.2, 0.25) is 0 Å². The van der Waals surface area contributed by atoms with Crippen LogP contribution >= 0.6 is 0 Å². The van der Waals surface area contributed by atoms with Gasteiger partial charge in [0.1, 0.15) is 5.65 Å². The first-order valence-corrected chi connectivity index (χ1v) is 7.99. The molecular formula is C19H18N2O6. The second-order valence-electron chi connectivity index (χ2n) is 5.62. The van der Waals surface area contributed by atoms with Gasteiger partial charge in [0.2, 0.25) is 11.6 Å². The molecule has 0 bridgehead atoms. The molecule has 27 heavy (non-hydrogen) atoms. The normalized spacial score (nSPS) is 10.5.